The minimum absolute atomic E-state index is 0.0570. The van der Waals surface area contributed by atoms with Crippen molar-refractivity contribution < 1.29 is 27.5 Å². The van der Waals surface area contributed by atoms with Crippen molar-refractivity contribution in [1.29, 1.82) is 0 Å². The summed E-state index contributed by atoms with van der Waals surface area (Å²) in [5, 5.41) is 1.63. The Morgan fingerprint density at radius 2 is 1.71 bits per heavy atom. The second kappa shape index (κ2) is 5.37. The number of nitrogens with one attached hydrogen (secondary N) is 1. The molecule has 0 spiro atoms. The summed E-state index contributed by atoms with van der Waals surface area (Å²) in [5.74, 6) is -3.03. The van der Waals surface area contributed by atoms with Crippen LogP contribution in [-0.4, -0.2) is 31.2 Å². The topological polar surface area (TPSA) is 55.4 Å². The molecular weight excluding hydrogens is 239 g/mol. The molecule has 1 atom stereocenters. The lowest BCUT2D eigenvalue weighted by molar-refractivity contribution is -0.176. The van der Waals surface area contributed by atoms with Gasteiger partial charge in [-0.15, -0.1) is 0 Å². The average molecular weight is 255 g/mol. The zero-order chi connectivity index (χ0) is 13.9. The fourth-order valence-corrected chi connectivity index (χ4v) is 1.19. The summed E-state index contributed by atoms with van der Waals surface area (Å²) >= 11 is 0. The lowest BCUT2D eigenvalue weighted by Crippen LogP contribution is -2.48. The van der Waals surface area contributed by atoms with Crippen LogP contribution in [0.25, 0.3) is 0 Å². The first-order chi connectivity index (χ1) is 7.47. The van der Waals surface area contributed by atoms with Gasteiger partial charge >= 0.3 is 18.1 Å². The number of hydrogen-bond acceptors (Lipinski definition) is 3. The molecule has 0 aromatic rings. The Morgan fingerprint density at radius 3 is 2.00 bits per heavy atom. The van der Waals surface area contributed by atoms with Gasteiger partial charge < -0.3 is 10.1 Å². The van der Waals surface area contributed by atoms with Crippen LogP contribution in [0.4, 0.5) is 13.2 Å². The predicted octanol–water partition coefficient (Wildman–Crippen LogP) is 1.64. The standard InChI is InChI=1S/C10H16F3NO3/c1-9(2,3)5-6(7(15)17-4)14-8(16)10(11,12)13/h6H,5H2,1-4H3,(H,14,16). The average Bonchev–Trinajstić information content (AvgIpc) is 2.11. The Morgan fingerprint density at radius 1 is 1.24 bits per heavy atom. The molecular formula is C10H16F3NO3. The zero-order valence-electron chi connectivity index (χ0n) is 10.1. The van der Waals surface area contributed by atoms with Crippen LogP contribution in [0.2, 0.25) is 0 Å². The van der Waals surface area contributed by atoms with E-state index in [4.69, 9.17) is 0 Å². The first-order valence-electron chi connectivity index (χ1n) is 4.93. The van der Waals surface area contributed by atoms with E-state index in [0.717, 1.165) is 7.11 Å². The van der Waals surface area contributed by atoms with Gasteiger partial charge in [-0.1, -0.05) is 20.8 Å². The van der Waals surface area contributed by atoms with Crippen molar-refractivity contribution in [3.8, 4) is 0 Å². The highest BCUT2D eigenvalue weighted by Gasteiger charge is 2.41. The highest BCUT2D eigenvalue weighted by atomic mass is 19.4. The number of methoxy groups -OCH3 is 1. The van der Waals surface area contributed by atoms with Crippen LogP contribution in [0, 0.1) is 5.41 Å². The summed E-state index contributed by atoms with van der Waals surface area (Å²) < 4.78 is 40.5. The third-order valence-corrected chi connectivity index (χ3v) is 1.86. The van der Waals surface area contributed by atoms with Crippen molar-refractivity contribution in [3.05, 3.63) is 0 Å². The van der Waals surface area contributed by atoms with Crippen molar-refractivity contribution >= 4 is 11.9 Å². The van der Waals surface area contributed by atoms with E-state index in [1.807, 2.05) is 0 Å². The largest absolute Gasteiger partial charge is 0.471 e. The van der Waals surface area contributed by atoms with Gasteiger partial charge in [0.15, 0.2) is 0 Å². The summed E-state index contributed by atoms with van der Waals surface area (Å²) in [4.78, 5) is 22.0. The second-order valence-electron chi connectivity index (χ2n) is 4.81. The molecule has 0 aliphatic heterocycles. The molecule has 1 N–H and O–H groups in total. The van der Waals surface area contributed by atoms with E-state index >= 15 is 0 Å². The maximum atomic E-state index is 12.0. The summed E-state index contributed by atoms with van der Waals surface area (Å²) in [6.07, 6.45) is -4.95. The Labute approximate surface area is 97.5 Å². The molecule has 0 aromatic carbocycles. The van der Waals surface area contributed by atoms with E-state index in [1.54, 1.807) is 26.1 Å². The van der Waals surface area contributed by atoms with E-state index in [0.29, 0.717) is 0 Å². The van der Waals surface area contributed by atoms with Crippen LogP contribution < -0.4 is 5.32 Å². The molecule has 1 amide bonds. The molecule has 1 unspecified atom stereocenters. The molecule has 0 heterocycles. The molecule has 0 aromatic heterocycles. The lowest BCUT2D eigenvalue weighted by atomic mass is 9.88. The predicted molar refractivity (Wildman–Crippen MR) is 54.1 cm³/mol. The monoisotopic (exact) mass is 255 g/mol. The highest BCUT2D eigenvalue weighted by molar-refractivity contribution is 5.87. The Kier molecular flexibility index (Phi) is 4.97. The normalized spacial score (nSPS) is 14.1. The first-order valence-corrected chi connectivity index (χ1v) is 4.93. The Balaban J connectivity index is 4.73. The number of amides is 1. The van der Waals surface area contributed by atoms with Crippen LogP contribution in [0.3, 0.4) is 0 Å². The summed E-state index contributed by atoms with van der Waals surface area (Å²) in [6.45, 7) is 5.22. The van der Waals surface area contributed by atoms with Gasteiger partial charge in [-0.05, 0) is 11.8 Å². The van der Waals surface area contributed by atoms with Gasteiger partial charge in [0.1, 0.15) is 6.04 Å². The first kappa shape index (κ1) is 15.7. The van der Waals surface area contributed by atoms with Gasteiger partial charge in [0.2, 0.25) is 0 Å². The minimum atomic E-state index is -5.01. The second-order valence-corrected chi connectivity index (χ2v) is 4.81. The molecule has 0 rings (SSSR count). The fraction of sp³-hybridized carbons (Fsp3) is 0.800. The van der Waals surface area contributed by atoms with Gasteiger partial charge in [0.25, 0.3) is 0 Å². The van der Waals surface area contributed by atoms with Gasteiger partial charge in [0.05, 0.1) is 7.11 Å². The molecule has 0 aliphatic carbocycles. The molecule has 0 aliphatic rings. The maximum absolute atomic E-state index is 12.0. The van der Waals surface area contributed by atoms with Crippen molar-refractivity contribution in [2.45, 2.75) is 39.4 Å². The van der Waals surface area contributed by atoms with Crippen LogP contribution in [0.1, 0.15) is 27.2 Å². The van der Waals surface area contributed by atoms with Gasteiger partial charge in [-0.2, -0.15) is 13.2 Å². The van der Waals surface area contributed by atoms with E-state index in [2.05, 4.69) is 4.74 Å². The van der Waals surface area contributed by atoms with E-state index in [-0.39, 0.29) is 6.42 Å². The molecule has 17 heavy (non-hydrogen) atoms. The van der Waals surface area contributed by atoms with Crippen molar-refractivity contribution in [2.75, 3.05) is 7.11 Å². The number of esters is 1. The van der Waals surface area contributed by atoms with Crippen molar-refractivity contribution in [2.24, 2.45) is 5.41 Å². The minimum Gasteiger partial charge on any atom is -0.467 e. The molecule has 7 heteroatoms. The number of alkyl halides is 3. The van der Waals surface area contributed by atoms with Crippen LogP contribution in [0.5, 0.6) is 0 Å². The lowest BCUT2D eigenvalue weighted by Gasteiger charge is -2.25. The molecule has 0 bridgehead atoms. The summed E-state index contributed by atoms with van der Waals surface area (Å²) in [7, 11) is 1.05. The van der Waals surface area contributed by atoms with Crippen molar-refractivity contribution in [3.63, 3.8) is 0 Å². The number of rotatable bonds is 3. The fourth-order valence-electron chi connectivity index (χ4n) is 1.19. The van der Waals surface area contributed by atoms with Gasteiger partial charge in [-0.25, -0.2) is 4.79 Å². The zero-order valence-corrected chi connectivity index (χ0v) is 10.1. The summed E-state index contributed by atoms with van der Waals surface area (Å²) in [5.41, 5.74) is -0.419. The summed E-state index contributed by atoms with van der Waals surface area (Å²) in [6, 6.07) is -1.30. The Bertz CT molecular complexity index is 294. The van der Waals surface area contributed by atoms with E-state index in [9.17, 15) is 22.8 Å². The molecule has 0 radical (unpaired) electrons. The SMILES string of the molecule is COC(=O)C(CC(C)(C)C)NC(=O)C(F)(F)F. The number of hydrogen-bond donors (Lipinski definition) is 1. The quantitative estimate of drug-likeness (QED) is 0.780. The van der Waals surface area contributed by atoms with Gasteiger partial charge in [-0.3, -0.25) is 4.79 Å². The molecule has 4 nitrogen and oxygen atoms in total. The molecule has 100 valence electrons. The number of carbonyl (C=O) groups is 2. The van der Waals surface area contributed by atoms with E-state index in [1.165, 1.54) is 0 Å². The van der Waals surface area contributed by atoms with Crippen LogP contribution in [-0.2, 0) is 14.3 Å². The molecule has 0 saturated heterocycles. The third-order valence-electron chi connectivity index (χ3n) is 1.86. The number of ether oxygens (including phenoxy) is 1. The maximum Gasteiger partial charge on any atom is 0.471 e. The Hall–Kier alpha value is -1.27. The molecule has 0 saturated carbocycles. The number of halogens is 3. The third kappa shape index (κ3) is 6.13. The van der Waals surface area contributed by atoms with E-state index < -0.39 is 29.5 Å². The van der Waals surface area contributed by atoms with Crippen molar-refractivity contribution in [1.82, 2.24) is 5.32 Å². The van der Waals surface area contributed by atoms with Crippen LogP contribution >= 0.6 is 0 Å². The van der Waals surface area contributed by atoms with Crippen LogP contribution in [0.15, 0.2) is 0 Å². The highest BCUT2D eigenvalue weighted by Crippen LogP contribution is 2.22. The molecule has 0 fully saturated rings. The smallest absolute Gasteiger partial charge is 0.467 e. The van der Waals surface area contributed by atoms with Gasteiger partial charge in [0, 0.05) is 0 Å². The number of carbonyl (C=O) groups excluding carboxylic acids is 2.